The Kier molecular flexibility index (Phi) is 5.80. The van der Waals surface area contributed by atoms with Gasteiger partial charge in [0.15, 0.2) is 11.5 Å². The number of nitrogens with one attached hydrogen (secondary N) is 1. The second kappa shape index (κ2) is 8.51. The number of carbonyl (C=O) groups excluding carboxylic acids is 2. The van der Waals surface area contributed by atoms with Gasteiger partial charge in [-0.1, -0.05) is 0 Å². The maximum absolute atomic E-state index is 13.7. The summed E-state index contributed by atoms with van der Waals surface area (Å²) < 4.78 is 21.4. The molecule has 0 radical (unpaired) electrons. The van der Waals surface area contributed by atoms with Crippen molar-refractivity contribution < 1.29 is 28.2 Å². The van der Waals surface area contributed by atoms with Crippen LogP contribution in [0.15, 0.2) is 35.1 Å². The Bertz CT molecular complexity index is 903. The number of carbonyl (C=O) groups is 2. The molecule has 1 saturated heterocycles. The van der Waals surface area contributed by atoms with Crippen LogP contribution in [0, 0.1) is 0 Å². The zero-order chi connectivity index (χ0) is 21.3. The average molecular weight is 432 g/mol. The summed E-state index contributed by atoms with van der Waals surface area (Å²) in [6.45, 7) is 0. The van der Waals surface area contributed by atoms with E-state index >= 15 is 0 Å². The van der Waals surface area contributed by atoms with Gasteiger partial charge in [-0.05, 0) is 31.0 Å². The number of ether oxygens (including phenoxy) is 3. The van der Waals surface area contributed by atoms with Crippen LogP contribution in [0.3, 0.4) is 0 Å². The third kappa shape index (κ3) is 3.81. The highest BCUT2D eigenvalue weighted by molar-refractivity contribution is 7.99. The maximum Gasteiger partial charge on any atom is 0.256 e. The van der Waals surface area contributed by atoms with Gasteiger partial charge in [0.1, 0.15) is 11.4 Å². The standard InChI is InChI=1S/C21H24N2O6S/c1-26-16-8-13(9-17(27-2)18(16)28-3)20(25)23-15(19(24)22-14-4-5-14)11-30-21(23)12-6-7-29-10-12/h6-10,14-15,21H,4-5,11H2,1-3H3,(H,22,24). The van der Waals surface area contributed by atoms with E-state index in [1.165, 1.54) is 33.1 Å². The summed E-state index contributed by atoms with van der Waals surface area (Å²) in [7, 11) is 4.50. The number of rotatable bonds is 7. The minimum Gasteiger partial charge on any atom is -0.493 e. The molecular weight excluding hydrogens is 408 g/mol. The first-order chi connectivity index (χ1) is 14.6. The molecule has 1 aliphatic heterocycles. The fourth-order valence-electron chi connectivity index (χ4n) is 3.51. The van der Waals surface area contributed by atoms with Gasteiger partial charge < -0.3 is 28.8 Å². The number of benzene rings is 1. The SMILES string of the molecule is COc1cc(C(=O)N2C(C(=O)NC3CC3)CSC2c2ccoc2)cc(OC)c1OC. The van der Waals surface area contributed by atoms with E-state index in [1.807, 2.05) is 6.07 Å². The molecule has 1 aromatic heterocycles. The Morgan fingerprint density at radius 3 is 2.37 bits per heavy atom. The molecule has 2 fully saturated rings. The lowest BCUT2D eigenvalue weighted by molar-refractivity contribution is -0.125. The van der Waals surface area contributed by atoms with E-state index in [0.29, 0.717) is 28.6 Å². The van der Waals surface area contributed by atoms with Crippen LogP contribution in [-0.2, 0) is 4.79 Å². The zero-order valence-electron chi connectivity index (χ0n) is 17.0. The van der Waals surface area contributed by atoms with Crippen LogP contribution in [0.2, 0.25) is 0 Å². The molecule has 0 bridgehead atoms. The Balaban J connectivity index is 1.71. The molecule has 2 aliphatic rings. The highest BCUT2D eigenvalue weighted by Crippen LogP contribution is 2.44. The summed E-state index contributed by atoms with van der Waals surface area (Å²) in [6, 6.07) is 4.66. The number of amides is 2. The average Bonchev–Trinajstić information content (AvgIpc) is 3.23. The lowest BCUT2D eigenvalue weighted by Crippen LogP contribution is -2.48. The van der Waals surface area contributed by atoms with Crippen molar-refractivity contribution in [3.05, 3.63) is 41.9 Å². The van der Waals surface area contributed by atoms with Crippen molar-refractivity contribution in [3.63, 3.8) is 0 Å². The smallest absolute Gasteiger partial charge is 0.256 e. The van der Waals surface area contributed by atoms with E-state index in [0.717, 1.165) is 18.4 Å². The molecule has 2 atom stereocenters. The van der Waals surface area contributed by atoms with E-state index in [-0.39, 0.29) is 23.2 Å². The summed E-state index contributed by atoms with van der Waals surface area (Å²) in [5, 5.41) is 2.69. The van der Waals surface area contributed by atoms with Crippen LogP contribution >= 0.6 is 11.8 Å². The highest BCUT2D eigenvalue weighted by atomic mass is 32.2. The van der Waals surface area contributed by atoms with E-state index in [1.54, 1.807) is 29.6 Å². The number of furan rings is 1. The molecule has 9 heteroatoms. The molecule has 2 unspecified atom stereocenters. The van der Waals surface area contributed by atoms with E-state index < -0.39 is 6.04 Å². The third-order valence-electron chi connectivity index (χ3n) is 5.20. The van der Waals surface area contributed by atoms with Crippen molar-refractivity contribution in [2.45, 2.75) is 30.3 Å². The Hall–Kier alpha value is -2.81. The number of hydrogen-bond donors (Lipinski definition) is 1. The highest BCUT2D eigenvalue weighted by Gasteiger charge is 2.44. The lowest BCUT2D eigenvalue weighted by Gasteiger charge is -2.29. The second-order valence-corrected chi connectivity index (χ2v) is 8.28. The van der Waals surface area contributed by atoms with Gasteiger partial charge in [-0.3, -0.25) is 9.59 Å². The quantitative estimate of drug-likeness (QED) is 0.719. The topological polar surface area (TPSA) is 90.2 Å². The molecule has 1 saturated carbocycles. The molecule has 8 nitrogen and oxygen atoms in total. The molecule has 0 spiro atoms. The van der Waals surface area contributed by atoms with Crippen molar-refractivity contribution in [3.8, 4) is 17.2 Å². The summed E-state index contributed by atoms with van der Waals surface area (Å²) >= 11 is 1.54. The predicted octanol–water partition coefficient (Wildman–Crippen LogP) is 2.84. The van der Waals surface area contributed by atoms with Gasteiger partial charge in [-0.2, -0.15) is 0 Å². The number of hydrogen-bond acceptors (Lipinski definition) is 7. The monoisotopic (exact) mass is 432 g/mol. The first-order valence-electron chi connectivity index (χ1n) is 9.64. The van der Waals surface area contributed by atoms with Crippen molar-refractivity contribution in [2.24, 2.45) is 0 Å². The molecule has 4 rings (SSSR count). The molecule has 2 aromatic rings. The van der Waals surface area contributed by atoms with Crippen molar-refractivity contribution in [2.75, 3.05) is 27.1 Å². The van der Waals surface area contributed by atoms with Gasteiger partial charge >= 0.3 is 0 Å². The maximum atomic E-state index is 13.7. The first-order valence-corrected chi connectivity index (χ1v) is 10.7. The molecule has 1 N–H and O–H groups in total. The van der Waals surface area contributed by atoms with Gasteiger partial charge in [-0.15, -0.1) is 11.8 Å². The van der Waals surface area contributed by atoms with E-state index in [9.17, 15) is 9.59 Å². The Labute approximate surface area is 178 Å². The lowest BCUT2D eigenvalue weighted by atomic mass is 10.1. The van der Waals surface area contributed by atoms with Gasteiger partial charge in [0.05, 0.1) is 33.9 Å². The minimum absolute atomic E-state index is 0.128. The van der Waals surface area contributed by atoms with Crippen LogP contribution < -0.4 is 19.5 Å². The van der Waals surface area contributed by atoms with Crippen LogP contribution in [0.25, 0.3) is 0 Å². The molecule has 2 amide bonds. The number of thioether (sulfide) groups is 1. The summed E-state index contributed by atoms with van der Waals surface area (Å²) in [4.78, 5) is 28.2. The first kappa shape index (κ1) is 20.5. The van der Waals surface area contributed by atoms with Crippen LogP contribution in [0.1, 0.15) is 34.1 Å². The largest absolute Gasteiger partial charge is 0.493 e. The zero-order valence-corrected chi connectivity index (χ0v) is 17.9. The molecule has 30 heavy (non-hydrogen) atoms. The summed E-state index contributed by atoms with van der Waals surface area (Å²) in [5.41, 5.74) is 1.19. The van der Waals surface area contributed by atoms with Crippen molar-refractivity contribution in [1.82, 2.24) is 10.2 Å². The number of nitrogens with zero attached hydrogens (tertiary/aromatic N) is 1. The Morgan fingerprint density at radius 1 is 1.13 bits per heavy atom. The van der Waals surface area contributed by atoms with Crippen molar-refractivity contribution in [1.29, 1.82) is 0 Å². The van der Waals surface area contributed by atoms with Crippen LogP contribution in [-0.4, -0.2) is 55.9 Å². The molecule has 1 aliphatic carbocycles. The fourth-order valence-corrected chi connectivity index (χ4v) is 4.91. The molecule has 160 valence electrons. The summed E-state index contributed by atoms with van der Waals surface area (Å²) in [5.74, 6) is 1.25. The molecular formula is C21H24N2O6S. The van der Waals surface area contributed by atoms with Gasteiger partial charge in [0.2, 0.25) is 11.7 Å². The van der Waals surface area contributed by atoms with E-state index in [4.69, 9.17) is 18.6 Å². The van der Waals surface area contributed by atoms with Gasteiger partial charge in [0.25, 0.3) is 5.91 Å². The van der Waals surface area contributed by atoms with E-state index in [2.05, 4.69) is 5.32 Å². The van der Waals surface area contributed by atoms with Gasteiger partial charge in [0, 0.05) is 22.9 Å². The van der Waals surface area contributed by atoms with Crippen molar-refractivity contribution >= 4 is 23.6 Å². The summed E-state index contributed by atoms with van der Waals surface area (Å²) in [6.07, 6.45) is 5.14. The normalized spacial score (nSPS) is 20.7. The number of methoxy groups -OCH3 is 3. The third-order valence-corrected chi connectivity index (χ3v) is 6.52. The Morgan fingerprint density at radius 2 is 1.83 bits per heavy atom. The predicted molar refractivity (Wildman–Crippen MR) is 111 cm³/mol. The minimum atomic E-state index is -0.581. The molecule has 1 aromatic carbocycles. The van der Waals surface area contributed by atoms with Crippen LogP contribution in [0.5, 0.6) is 17.2 Å². The van der Waals surface area contributed by atoms with Crippen LogP contribution in [0.4, 0.5) is 0 Å². The van der Waals surface area contributed by atoms with Gasteiger partial charge in [-0.25, -0.2) is 0 Å². The fraction of sp³-hybridized carbons (Fsp3) is 0.429. The second-order valence-electron chi connectivity index (χ2n) is 7.17. The molecule has 2 heterocycles.